The summed E-state index contributed by atoms with van der Waals surface area (Å²) >= 11 is 0. The summed E-state index contributed by atoms with van der Waals surface area (Å²) in [5.74, 6) is 0.112. The summed E-state index contributed by atoms with van der Waals surface area (Å²) < 4.78 is 0. The van der Waals surface area contributed by atoms with E-state index in [1.165, 1.54) is 0 Å². The lowest BCUT2D eigenvalue weighted by atomic mass is 9.81. The first-order valence-corrected chi connectivity index (χ1v) is 4.21. The van der Waals surface area contributed by atoms with Gasteiger partial charge in [0.15, 0.2) is 0 Å². The fourth-order valence-electron chi connectivity index (χ4n) is 1.19. The fraction of sp³-hybridized carbons (Fsp3) is 0.300. The van der Waals surface area contributed by atoms with Gasteiger partial charge < -0.3 is 11.5 Å². The van der Waals surface area contributed by atoms with Crippen LogP contribution in [0.2, 0.25) is 0 Å². The van der Waals surface area contributed by atoms with Gasteiger partial charge in [0.25, 0.3) is 0 Å². The molecule has 0 saturated heterocycles. The van der Waals surface area contributed by atoms with Crippen molar-refractivity contribution < 1.29 is 0 Å². The average molecular weight is 177 g/mol. The maximum atomic E-state index is 7.48. The molecule has 1 aromatic carbocycles. The molecular weight excluding hydrogens is 162 g/mol. The third-order valence-electron chi connectivity index (χ3n) is 2.41. The fourth-order valence-corrected chi connectivity index (χ4v) is 1.19. The highest BCUT2D eigenvalue weighted by molar-refractivity contribution is 5.88. The maximum Gasteiger partial charge on any atom is 0.102 e. The first kappa shape index (κ1) is 9.74. The number of nitrogens with two attached hydrogens (primary N) is 2. The Morgan fingerprint density at radius 2 is 1.92 bits per heavy atom. The van der Waals surface area contributed by atoms with Crippen molar-refractivity contribution in [3.8, 4) is 0 Å². The standard InChI is InChI=1S/C10H15N3/c1-10(7-11,9(12)13)8-5-3-2-4-6-8/h2-6H,7,11H2,1H3,(H3,12,13). The van der Waals surface area contributed by atoms with Crippen LogP contribution in [0.25, 0.3) is 0 Å². The van der Waals surface area contributed by atoms with Crippen LogP contribution in [0, 0.1) is 5.41 Å². The molecule has 1 atom stereocenters. The molecule has 0 saturated carbocycles. The zero-order valence-electron chi connectivity index (χ0n) is 7.75. The van der Waals surface area contributed by atoms with Crippen LogP contribution >= 0.6 is 0 Å². The second-order valence-electron chi connectivity index (χ2n) is 3.32. The van der Waals surface area contributed by atoms with Crippen molar-refractivity contribution in [2.45, 2.75) is 12.3 Å². The molecule has 13 heavy (non-hydrogen) atoms. The smallest absolute Gasteiger partial charge is 0.102 e. The van der Waals surface area contributed by atoms with Gasteiger partial charge in [0.1, 0.15) is 5.84 Å². The molecule has 0 fully saturated rings. The van der Waals surface area contributed by atoms with E-state index in [1.807, 2.05) is 37.3 Å². The Hall–Kier alpha value is -1.35. The number of hydrogen-bond acceptors (Lipinski definition) is 2. The van der Waals surface area contributed by atoms with Crippen LogP contribution in [0.1, 0.15) is 12.5 Å². The van der Waals surface area contributed by atoms with Crippen molar-refractivity contribution in [1.82, 2.24) is 0 Å². The predicted molar refractivity (Wildman–Crippen MR) is 54.8 cm³/mol. The average Bonchev–Trinajstić information content (AvgIpc) is 2.17. The molecule has 0 heterocycles. The van der Waals surface area contributed by atoms with Gasteiger partial charge in [-0.2, -0.15) is 0 Å². The quantitative estimate of drug-likeness (QED) is 0.472. The highest BCUT2D eigenvalue weighted by Gasteiger charge is 2.28. The Bertz CT molecular complexity index is 294. The normalized spacial score (nSPS) is 14.9. The highest BCUT2D eigenvalue weighted by atomic mass is 14.8. The van der Waals surface area contributed by atoms with E-state index in [1.54, 1.807) is 0 Å². The molecule has 5 N–H and O–H groups in total. The van der Waals surface area contributed by atoms with Gasteiger partial charge in [-0.25, -0.2) is 0 Å². The van der Waals surface area contributed by atoms with E-state index in [0.29, 0.717) is 6.54 Å². The number of nitrogens with one attached hydrogen (secondary N) is 1. The van der Waals surface area contributed by atoms with Gasteiger partial charge in [0, 0.05) is 6.54 Å². The summed E-state index contributed by atoms with van der Waals surface area (Å²) in [7, 11) is 0. The van der Waals surface area contributed by atoms with Gasteiger partial charge in [0.2, 0.25) is 0 Å². The van der Waals surface area contributed by atoms with Gasteiger partial charge in [-0.15, -0.1) is 0 Å². The molecule has 0 aliphatic carbocycles. The third kappa shape index (κ3) is 1.70. The van der Waals surface area contributed by atoms with Crippen molar-refractivity contribution in [2.75, 3.05) is 6.54 Å². The van der Waals surface area contributed by atoms with Crippen molar-refractivity contribution >= 4 is 5.84 Å². The first-order valence-electron chi connectivity index (χ1n) is 4.21. The molecule has 0 amide bonds. The molecule has 70 valence electrons. The van der Waals surface area contributed by atoms with E-state index in [2.05, 4.69) is 0 Å². The van der Waals surface area contributed by atoms with Gasteiger partial charge in [-0.05, 0) is 12.5 Å². The zero-order valence-corrected chi connectivity index (χ0v) is 7.75. The van der Waals surface area contributed by atoms with E-state index in [9.17, 15) is 0 Å². The van der Waals surface area contributed by atoms with Crippen molar-refractivity contribution in [1.29, 1.82) is 5.41 Å². The Kier molecular flexibility index (Phi) is 2.68. The van der Waals surface area contributed by atoms with Crippen LogP contribution in [0.4, 0.5) is 0 Å². The van der Waals surface area contributed by atoms with E-state index < -0.39 is 5.41 Å². The van der Waals surface area contributed by atoms with Crippen LogP contribution in [0.5, 0.6) is 0 Å². The molecule has 0 bridgehead atoms. The molecule has 3 heteroatoms. The Morgan fingerprint density at radius 1 is 1.38 bits per heavy atom. The Labute approximate surface area is 78.3 Å². The van der Waals surface area contributed by atoms with Crippen molar-refractivity contribution in [2.24, 2.45) is 11.5 Å². The van der Waals surface area contributed by atoms with Crippen LogP contribution in [0.15, 0.2) is 30.3 Å². The van der Waals surface area contributed by atoms with Crippen LogP contribution in [0.3, 0.4) is 0 Å². The SMILES string of the molecule is CC(CN)(C(=N)N)c1ccccc1. The summed E-state index contributed by atoms with van der Waals surface area (Å²) in [6.45, 7) is 2.23. The Balaban J connectivity index is 3.11. The minimum Gasteiger partial charge on any atom is -0.387 e. The molecule has 1 rings (SSSR count). The number of hydrogen-bond donors (Lipinski definition) is 3. The van der Waals surface area contributed by atoms with Gasteiger partial charge in [-0.1, -0.05) is 30.3 Å². The van der Waals surface area contributed by atoms with E-state index in [4.69, 9.17) is 16.9 Å². The summed E-state index contributed by atoms with van der Waals surface area (Å²) in [4.78, 5) is 0. The van der Waals surface area contributed by atoms with Gasteiger partial charge in [0.05, 0.1) is 5.41 Å². The van der Waals surface area contributed by atoms with Crippen LogP contribution in [-0.2, 0) is 5.41 Å². The summed E-state index contributed by atoms with van der Waals surface area (Å²) in [5.41, 5.74) is 11.6. The number of benzene rings is 1. The third-order valence-corrected chi connectivity index (χ3v) is 2.41. The molecule has 1 aromatic rings. The summed E-state index contributed by atoms with van der Waals surface area (Å²) in [5, 5.41) is 7.48. The molecule has 3 nitrogen and oxygen atoms in total. The van der Waals surface area contributed by atoms with Gasteiger partial charge in [-0.3, -0.25) is 5.41 Å². The molecule has 0 radical (unpaired) electrons. The summed E-state index contributed by atoms with van der Waals surface area (Å²) in [6.07, 6.45) is 0. The summed E-state index contributed by atoms with van der Waals surface area (Å²) in [6, 6.07) is 9.65. The highest BCUT2D eigenvalue weighted by Crippen LogP contribution is 2.21. The predicted octanol–water partition coefficient (Wildman–Crippen LogP) is 0.839. The molecule has 0 aliphatic rings. The molecule has 0 aliphatic heterocycles. The zero-order chi connectivity index (χ0) is 9.90. The molecule has 1 unspecified atom stereocenters. The first-order chi connectivity index (χ1) is 6.11. The van der Waals surface area contributed by atoms with E-state index in [-0.39, 0.29) is 5.84 Å². The topological polar surface area (TPSA) is 75.9 Å². The number of rotatable bonds is 3. The largest absolute Gasteiger partial charge is 0.387 e. The lowest BCUT2D eigenvalue weighted by molar-refractivity contribution is 0.640. The van der Waals surface area contributed by atoms with E-state index in [0.717, 1.165) is 5.56 Å². The monoisotopic (exact) mass is 177 g/mol. The van der Waals surface area contributed by atoms with Crippen LogP contribution < -0.4 is 11.5 Å². The van der Waals surface area contributed by atoms with Crippen LogP contribution in [-0.4, -0.2) is 12.4 Å². The minimum absolute atomic E-state index is 0.112. The molecular formula is C10H15N3. The minimum atomic E-state index is -0.527. The van der Waals surface area contributed by atoms with Crippen molar-refractivity contribution in [3.63, 3.8) is 0 Å². The molecule has 0 spiro atoms. The molecule has 0 aromatic heterocycles. The van der Waals surface area contributed by atoms with E-state index >= 15 is 0 Å². The number of amidine groups is 1. The second-order valence-corrected chi connectivity index (χ2v) is 3.32. The lowest BCUT2D eigenvalue weighted by Crippen LogP contribution is -2.44. The van der Waals surface area contributed by atoms with Gasteiger partial charge >= 0.3 is 0 Å². The second kappa shape index (κ2) is 3.58. The van der Waals surface area contributed by atoms with Crippen molar-refractivity contribution in [3.05, 3.63) is 35.9 Å². The lowest BCUT2D eigenvalue weighted by Gasteiger charge is -2.26. The maximum absolute atomic E-state index is 7.48. The Morgan fingerprint density at radius 3 is 2.31 bits per heavy atom.